The number of hydrogen-bond donors (Lipinski definition) is 2. The van der Waals surface area contributed by atoms with Crippen LogP contribution in [0, 0.1) is 11.3 Å². The molecule has 2 atom stereocenters. The summed E-state index contributed by atoms with van der Waals surface area (Å²) in [5, 5.41) is 6.05. The van der Waals surface area contributed by atoms with E-state index < -0.39 is 41.3 Å². The van der Waals surface area contributed by atoms with Gasteiger partial charge in [-0.2, -0.15) is 26.3 Å². The molecule has 2 aromatic carbocycles. The molecule has 2 aromatic rings. The highest BCUT2D eigenvalue weighted by Gasteiger charge is 2.47. The van der Waals surface area contributed by atoms with Crippen molar-refractivity contribution in [3.63, 3.8) is 0 Å². The molecule has 0 heterocycles. The van der Waals surface area contributed by atoms with E-state index in [1.165, 1.54) is 21.3 Å². The Hall–Kier alpha value is -3.15. The fourth-order valence-corrected chi connectivity index (χ4v) is 5.22. The van der Waals surface area contributed by atoms with E-state index in [0.717, 1.165) is 5.56 Å². The molecule has 40 heavy (non-hydrogen) atoms. The molecule has 2 N–H and O–H groups in total. The monoisotopic (exact) mass is 576 g/mol. The highest BCUT2D eigenvalue weighted by molar-refractivity contribution is 5.83. The first-order valence-corrected chi connectivity index (χ1v) is 12.7. The quantitative estimate of drug-likeness (QED) is 0.323. The second-order valence-corrected chi connectivity index (χ2v) is 10.2. The minimum atomic E-state index is -4.96. The van der Waals surface area contributed by atoms with Crippen LogP contribution >= 0.6 is 0 Å². The lowest BCUT2D eigenvalue weighted by Crippen LogP contribution is -2.44. The summed E-state index contributed by atoms with van der Waals surface area (Å²) in [7, 11) is 4.59. The molecule has 1 aliphatic rings. The second kappa shape index (κ2) is 12.2. The fourth-order valence-electron chi connectivity index (χ4n) is 5.22. The van der Waals surface area contributed by atoms with Crippen LogP contribution in [0.25, 0.3) is 0 Å². The summed E-state index contributed by atoms with van der Waals surface area (Å²) >= 11 is 0. The number of carbonyl (C=O) groups excluding carboxylic acids is 1. The molecule has 0 unspecified atom stereocenters. The van der Waals surface area contributed by atoms with E-state index >= 15 is 0 Å². The molecule has 0 aliphatic heterocycles. The molecule has 12 heteroatoms. The summed E-state index contributed by atoms with van der Waals surface area (Å²) in [4.78, 5) is 13.4. The number of benzene rings is 2. The Morgan fingerprint density at radius 2 is 1.45 bits per heavy atom. The largest absolute Gasteiger partial charge is 0.496 e. The SMILES string of the molecule is COc1cc(OC)c(CN[C@@H]2CC[C@@](C(=O)NCc3cc(C(F)(F)F)cc(C(F)(F)F)c3)(C(C)C)C2)c(OC)c1. The number of hydrogen-bond acceptors (Lipinski definition) is 5. The van der Waals surface area contributed by atoms with E-state index in [1.54, 1.807) is 12.1 Å². The van der Waals surface area contributed by atoms with Crippen LogP contribution in [0.3, 0.4) is 0 Å². The van der Waals surface area contributed by atoms with Crippen LogP contribution in [0.1, 0.15) is 55.4 Å². The Kier molecular flexibility index (Phi) is 9.54. The lowest BCUT2D eigenvalue weighted by atomic mass is 9.74. The van der Waals surface area contributed by atoms with Crippen LogP contribution in [-0.4, -0.2) is 33.3 Å². The third kappa shape index (κ3) is 6.94. The van der Waals surface area contributed by atoms with E-state index in [4.69, 9.17) is 14.2 Å². The Balaban J connectivity index is 1.74. The molecule has 0 aromatic heterocycles. The van der Waals surface area contributed by atoms with Crippen molar-refractivity contribution in [2.24, 2.45) is 11.3 Å². The molecular formula is C28H34F6N2O4. The predicted octanol–water partition coefficient (Wildman–Crippen LogP) is 6.35. The first-order valence-electron chi connectivity index (χ1n) is 12.7. The van der Waals surface area contributed by atoms with Gasteiger partial charge in [-0.3, -0.25) is 4.79 Å². The minimum Gasteiger partial charge on any atom is -0.496 e. The van der Waals surface area contributed by atoms with Crippen LogP contribution in [0.5, 0.6) is 17.2 Å². The number of nitrogens with one attached hydrogen (secondary N) is 2. The van der Waals surface area contributed by atoms with Gasteiger partial charge in [0.15, 0.2) is 0 Å². The van der Waals surface area contributed by atoms with Crippen LogP contribution in [-0.2, 0) is 30.2 Å². The summed E-state index contributed by atoms with van der Waals surface area (Å²) < 4.78 is 95.7. The summed E-state index contributed by atoms with van der Waals surface area (Å²) in [6.45, 7) is 3.67. The molecule has 0 radical (unpaired) electrons. The Labute approximate surface area is 229 Å². The van der Waals surface area contributed by atoms with Gasteiger partial charge in [0.1, 0.15) is 17.2 Å². The van der Waals surface area contributed by atoms with E-state index in [0.29, 0.717) is 55.2 Å². The lowest BCUT2D eigenvalue weighted by molar-refractivity contribution is -0.143. The van der Waals surface area contributed by atoms with Crippen LogP contribution in [0.2, 0.25) is 0 Å². The highest BCUT2D eigenvalue weighted by atomic mass is 19.4. The van der Waals surface area contributed by atoms with Crippen molar-refractivity contribution >= 4 is 5.91 Å². The summed E-state index contributed by atoms with van der Waals surface area (Å²) in [6, 6.07) is 4.73. The molecule has 0 spiro atoms. The molecular weight excluding hydrogens is 542 g/mol. The zero-order valence-electron chi connectivity index (χ0n) is 23.0. The average Bonchev–Trinajstić information content (AvgIpc) is 3.34. The van der Waals surface area contributed by atoms with E-state index in [2.05, 4.69) is 10.6 Å². The molecule has 1 aliphatic carbocycles. The molecule has 0 bridgehead atoms. The van der Waals surface area contributed by atoms with Crippen molar-refractivity contribution in [2.45, 2.75) is 64.6 Å². The van der Waals surface area contributed by atoms with Crippen LogP contribution in [0.4, 0.5) is 26.3 Å². The molecule has 3 rings (SSSR count). The fraction of sp³-hybridized carbons (Fsp3) is 0.536. The number of alkyl halides is 6. The molecule has 0 saturated heterocycles. The Morgan fingerprint density at radius 1 is 0.900 bits per heavy atom. The molecule has 1 saturated carbocycles. The number of carbonyl (C=O) groups is 1. The van der Waals surface area contributed by atoms with Crippen molar-refractivity contribution in [1.29, 1.82) is 0 Å². The summed E-state index contributed by atoms with van der Waals surface area (Å²) in [5.41, 5.74) is -3.19. The number of rotatable bonds is 10. The van der Waals surface area contributed by atoms with Crippen molar-refractivity contribution in [2.75, 3.05) is 21.3 Å². The van der Waals surface area contributed by atoms with Crippen molar-refractivity contribution in [3.05, 3.63) is 52.6 Å². The average molecular weight is 577 g/mol. The van der Waals surface area contributed by atoms with Crippen molar-refractivity contribution in [1.82, 2.24) is 10.6 Å². The maximum Gasteiger partial charge on any atom is 0.416 e. The standard InChI is InChI=1S/C28H34F6N2O4/c1-16(2)26(25(37)36-14-17-8-18(27(29,30)31)10-19(9-17)28(32,33)34)7-6-20(13-26)35-15-22-23(39-4)11-21(38-3)12-24(22)40-5/h8-12,16,20,35H,6-7,13-15H2,1-5H3,(H,36,37)/t20-,26+/m1/s1. The van der Waals surface area contributed by atoms with Gasteiger partial charge in [-0.15, -0.1) is 0 Å². The van der Waals surface area contributed by atoms with Gasteiger partial charge in [-0.05, 0) is 48.9 Å². The number of methoxy groups -OCH3 is 3. The van der Waals surface area contributed by atoms with Crippen LogP contribution in [0.15, 0.2) is 30.3 Å². The van der Waals surface area contributed by atoms with Gasteiger partial charge < -0.3 is 24.8 Å². The molecule has 6 nitrogen and oxygen atoms in total. The van der Waals surface area contributed by atoms with E-state index in [-0.39, 0.29) is 23.6 Å². The zero-order valence-corrected chi connectivity index (χ0v) is 23.0. The van der Waals surface area contributed by atoms with Gasteiger partial charge in [0.05, 0.1) is 43.4 Å². The minimum absolute atomic E-state index is 0.0704. The van der Waals surface area contributed by atoms with Gasteiger partial charge in [0.2, 0.25) is 5.91 Å². The normalized spacial score (nSPS) is 19.6. The number of ether oxygens (including phenoxy) is 3. The number of halogens is 6. The molecule has 1 fully saturated rings. The highest BCUT2D eigenvalue weighted by Crippen LogP contribution is 2.45. The first-order chi connectivity index (χ1) is 18.6. The lowest BCUT2D eigenvalue weighted by Gasteiger charge is -2.32. The van der Waals surface area contributed by atoms with Gasteiger partial charge in [0.25, 0.3) is 0 Å². The van der Waals surface area contributed by atoms with Crippen molar-refractivity contribution in [3.8, 4) is 17.2 Å². The Morgan fingerprint density at radius 3 is 1.90 bits per heavy atom. The van der Waals surface area contributed by atoms with Gasteiger partial charge in [-0.25, -0.2) is 0 Å². The smallest absolute Gasteiger partial charge is 0.416 e. The first kappa shape index (κ1) is 31.4. The van der Waals surface area contributed by atoms with Crippen molar-refractivity contribution < 1.29 is 45.3 Å². The van der Waals surface area contributed by atoms with Gasteiger partial charge in [-0.1, -0.05) is 13.8 Å². The topological polar surface area (TPSA) is 68.8 Å². The van der Waals surface area contributed by atoms with E-state index in [1.807, 2.05) is 13.8 Å². The third-order valence-corrected chi connectivity index (χ3v) is 7.59. The summed E-state index contributed by atoms with van der Waals surface area (Å²) in [5.74, 6) is 1.16. The molecule has 1 amide bonds. The Bertz CT molecular complexity index is 1140. The van der Waals surface area contributed by atoms with Crippen LogP contribution < -0.4 is 24.8 Å². The zero-order chi connectivity index (χ0) is 29.9. The second-order valence-electron chi connectivity index (χ2n) is 10.2. The van der Waals surface area contributed by atoms with Gasteiger partial charge >= 0.3 is 12.4 Å². The maximum absolute atomic E-state index is 13.4. The predicted molar refractivity (Wildman–Crippen MR) is 136 cm³/mol. The summed E-state index contributed by atoms with van der Waals surface area (Å²) in [6.07, 6.45) is -8.33. The molecule has 222 valence electrons. The third-order valence-electron chi connectivity index (χ3n) is 7.59. The maximum atomic E-state index is 13.4. The van der Waals surface area contributed by atoms with Gasteiger partial charge in [0, 0.05) is 31.3 Å². The number of amides is 1. The van der Waals surface area contributed by atoms with E-state index in [9.17, 15) is 31.1 Å².